The monoisotopic (exact) mass is 384 g/mol. The third-order valence-corrected chi connectivity index (χ3v) is 5.73. The molecular formula is C24H24N4O. The van der Waals surface area contributed by atoms with Crippen molar-refractivity contribution in [3.05, 3.63) is 71.7 Å². The van der Waals surface area contributed by atoms with E-state index >= 15 is 0 Å². The third kappa shape index (κ3) is 4.12. The second-order valence-corrected chi connectivity index (χ2v) is 7.91. The Balaban J connectivity index is 1.54. The number of nitriles is 1. The van der Waals surface area contributed by atoms with E-state index in [2.05, 4.69) is 23.0 Å². The van der Waals surface area contributed by atoms with Gasteiger partial charge in [0.2, 0.25) is 5.91 Å². The van der Waals surface area contributed by atoms with Crippen LogP contribution in [0.1, 0.15) is 42.4 Å². The van der Waals surface area contributed by atoms with Gasteiger partial charge < -0.3 is 4.90 Å². The molecule has 1 fully saturated rings. The summed E-state index contributed by atoms with van der Waals surface area (Å²) in [7, 11) is 0. The van der Waals surface area contributed by atoms with Crippen LogP contribution in [0.2, 0.25) is 0 Å². The lowest BCUT2D eigenvalue weighted by atomic mass is 9.83. The molecule has 1 aliphatic rings. The van der Waals surface area contributed by atoms with Crippen molar-refractivity contribution in [1.29, 1.82) is 5.26 Å². The summed E-state index contributed by atoms with van der Waals surface area (Å²) in [4.78, 5) is 23.5. The highest BCUT2D eigenvalue weighted by atomic mass is 16.2. The second-order valence-electron chi connectivity index (χ2n) is 7.91. The Labute approximate surface area is 171 Å². The summed E-state index contributed by atoms with van der Waals surface area (Å²) < 4.78 is 0. The SMILES string of the molecule is C[C@@H]1CC(c2ccc(C#N)c3ncccc23)CN(C(=O)CCc2cccnc2)C1. The van der Waals surface area contributed by atoms with Crippen molar-refractivity contribution < 1.29 is 4.79 Å². The molecule has 0 radical (unpaired) electrons. The fourth-order valence-corrected chi connectivity index (χ4v) is 4.38. The number of aryl methyl sites for hydroxylation is 1. The van der Waals surface area contributed by atoms with Gasteiger partial charge in [0.05, 0.1) is 11.1 Å². The molecule has 0 aliphatic carbocycles. The molecule has 0 N–H and O–H groups in total. The van der Waals surface area contributed by atoms with Crippen molar-refractivity contribution >= 4 is 16.8 Å². The van der Waals surface area contributed by atoms with Gasteiger partial charge in [-0.05, 0) is 48.1 Å². The van der Waals surface area contributed by atoms with E-state index in [1.54, 1.807) is 12.4 Å². The lowest BCUT2D eigenvalue weighted by molar-refractivity contribution is -0.133. The number of carbonyl (C=O) groups is 1. The van der Waals surface area contributed by atoms with Gasteiger partial charge in [-0.2, -0.15) is 5.26 Å². The highest BCUT2D eigenvalue weighted by molar-refractivity contribution is 5.87. The van der Waals surface area contributed by atoms with Crippen molar-refractivity contribution in [3.63, 3.8) is 0 Å². The number of pyridine rings is 2. The molecule has 1 saturated heterocycles. The summed E-state index contributed by atoms with van der Waals surface area (Å²) in [5, 5.41) is 10.4. The number of nitrogens with zero attached hydrogens (tertiary/aromatic N) is 4. The maximum atomic E-state index is 12.9. The van der Waals surface area contributed by atoms with Crippen LogP contribution in [0.5, 0.6) is 0 Å². The molecule has 1 aromatic carbocycles. The molecular weight excluding hydrogens is 360 g/mol. The fourth-order valence-electron chi connectivity index (χ4n) is 4.38. The molecule has 2 aromatic heterocycles. The lowest BCUT2D eigenvalue weighted by Crippen LogP contribution is -2.42. The number of likely N-dealkylation sites (tertiary alicyclic amines) is 1. The summed E-state index contributed by atoms with van der Waals surface area (Å²) in [5.74, 6) is 0.875. The van der Waals surface area contributed by atoms with Gasteiger partial charge in [0.25, 0.3) is 0 Å². The highest BCUT2D eigenvalue weighted by Gasteiger charge is 2.29. The maximum Gasteiger partial charge on any atom is 0.222 e. The first-order chi connectivity index (χ1) is 14.2. The van der Waals surface area contributed by atoms with E-state index in [-0.39, 0.29) is 11.8 Å². The van der Waals surface area contributed by atoms with Crippen LogP contribution in [0, 0.1) is 17.2 Å². The van der Waals surface area contributed by atoms with Crippen LogP contribution in [0.15, 0.2) is 55.0 Å². The first kappa shape index (κ1) is 19.1. The van der Waals surface area contributed by atoms with Crippen molar-refractivity contribution in [1.82, 2.24) is 14.9 Å². The average Bonchev–Trinajstić information content (AvgIpc) is 2.77. The normalized spacial score (nSPS) is 19.1. The molecule has 5 heteroatoms. The predicted molar refractivity (Wildman–Crippen MR) is 112 cm³/mol. The molecule has 3 heterocycles. The molecule has 5 nitrogen and oxygen atoms in total. The molecule has 1 amide bonds. The molecule has 0 bridgehead atoms. The summed E-state index contributed by atoms with van der Waals surface area (Å²) >= 11 is 0. The molecule has 0 spiro atoms. The van der Waals surface area contributed by atoms with E-state index in [0.29, 0.717) is 30.9 Å². The number of rotatable bonds is 4. The van der Waals surface area contributed by atoms with Gasteiger partial charge in [-0.3, -0.25) is 14.8 Å². The molecule has 1 unspecified atom stereocenters. The minimum absolute atomic E-state index is 0.196. The summed E-state index contributed by atoms with van der Waals surface area (Å²) in [6.45, 7) is 3.72. The van der Waals surface area contributed by atoms with Crippen molar-refractivity contribution in [3.8, 4) is 6.07 Å². The van der Waals surface area contributed by atoms with Crippen LogP contribution in [0.4, 0.5) is 0 Å². The number of fused-ring (bicyclic) bond motifs is 1. The molecule has 1 aliphatic heterocycles. The Kier molecular flexibility index (Phi) is 5.53. The van der Waals surface area contributed by atoms with Crippen molar-refractivity contribution in [2.75, 3.05) is 13.1 Å². The van der Waals surface area contributed by atoms with Gasteiger partial charge >= 0.3 is 0 Å². The smallest absolute Gasteiger partial charge is 0.222 e. The largest absolute Gasteiger partial charge is 0.342 e. The number of carbonyl (C=O) groups excluding carboxylic acids is 1. The zero-order valence-electron chi connectivity index (χ0n) is 16.6. The van der Waals surface area contributed by atoms with Gasteiger partial charge in [-0.25, -0.2) is 0 Å². The van der Waals surface area contributed by atoms with Crippen molar-refractivity contribution in [2.45, 2.75) is 32.1 Å². The Morgan fingerprint density at radius 2 is 2.07 bits per heavy atom. The maximum absolute atomic E-state index is 12.9. The van der Waals surface area contributed by atoms with Gasteiger partial charge in [-0.1, -0.05) is 25.1 Å². The minimum Gasteiger partial charge on any atom is -0.342 e. The lowest BCUT2D eigenvalue weighted by Gasteiger charge is -2.37. The number of hydrogen-bond acceptors (Lipinski definition) is 4. The van der Waals surface area contributed by atoms with Gasteiger partial charge in [-0.15, -0.1) is 0 Å². The predicted octanol–water partition coefficient (Wildman–Crippen LogP) is 4.09. The molecule has 0 saturated carbocycles. The Morgan fingerprint density at radius 1 is 1.21 bits per heavy atom. The van der Waals surface area contributed by atoms with Crippen LogP contribution < -0.4 is 0 Å². The zero-order valence-corrected chi connectivity index (χ0v) is 16.6. The van der Waals surface area contributed by atoms with Crippen LogP contribution in [0.25, 0.3) is 10.9 Å². The van der Waals surface area contributed by atoms with Crippen LogP contribution >= 0.6 is 0 Å². The van der Waals surface area contributed by atoms with E-state index < -0.39 is 0 Å². The topological polar surface area (TPSA) is 69.9 Å². The minimum atomic E-state index is 0.196. The van der Waals surface area contributed by atoms with Crippen LogP contribution in [0.3, 0.4) is 0 Å². The first-order valence-electron chi connectivity index (χ1n) is 10.1. The van der Waals surface area contributed by atoms with E-state index in [4.69, 9.17) is 0 Å². The summed E-state index contributed by atoms with van der Waals surface area (Å²) in [5.41, 5.74) is 3.62. The highest BCUT2D eigenvalue weighted by Crippen LogP contribution is 2.35. The number of amides is 1. The standard InChI is InChI=1S/C24H24N4O/c1-17-12-20(21-8-7-19(13-25)24-22(21)5-3-11-27-24)16-28(15-17)23(29)9-6-18-4-2-10-26-14-18/h2-5,7-8,10-11,14,17,20H,6,9,12,15-16H2,1H3/t17-,20?/m1/s1. The van der Waals surface area contributed by atoms with E-state index in [0.717, 1.165) is 29.4 Å². The zero-order chi connectivity index (χ0) is 20.2. The number of hydrogen-bond donors (Lipinski definition) is 0. The third-order valence-electron chi connectivity index (χ3n) is 5.73. The Hall–Kier alpha value is -3.26. The van der Waals surface area contributed by atoms with E-state index in [1.807, 2.05) is 47.5 Å². The first-order valence-corrected chi connectivity index (χ1v) is 10.1. The van der Waals surface area contributed by atoms with Gasteiger partial charge in [0.15, 0.2) is 0 Å². The molecule has 29 heavy (non-hydrogen) atoms. The molecule has 3 aromatic rings. The number of piperidine rings is 1. The molecule has 4 rings (SSSR count). The average molecular weight is 384 g/mol. The Bertz CT molecular complexity index is 1060. The number of aromatic nitrogens is 2. The number of benzene rings is 1. The van der Waals surface area contributed by atoms with Gasteiger partial charge in [0.1, 0.15) is 6.07 Å². The fraction of sp³-hybridized carbons (Fsp3) is 0.333. The molecule has 2 atom stereocenters. The van der Waals surface area contributed by atoms with Crippen molar-refractivity contribution in [2.24, 2.45) is 5.92 Å². The molecule has 146 valence electrons. The summed E-state index contributed by atoms with van der Waals surface area (Å²) in [6, 6.07) is 14.0. The van der Waals surface area contributed by atoms with E-state index in [9.17, 15) is 10.1 Å². The van der Waals surface area contributed by atoms with Crippen LogP contribution in [-0.4, -0.2) is 33.9 Å². The van der Waals surface area contributed by atoms with Gasteiger partial charge in [0, 0.05) is 49.4 Å². The Morgan fingerprint density at radius 3 is 2.86 bits per heavy atom. The second kappa shape index (κ2) is 8.40. The van der Waals surface area contributed by atoms with E-state index in [1.165, 1.54) is 5.56 Å². The summed E-state index contributed by atoms with van der Waals surface area (Å²) in [6.07, 6.45) is 7.55. The quantitative estimate of drug-likeness (QED) is 0.679. The van der Waals surface area contributed by atoms with Crippen LogP contribution in [-0.2, 0) is 11.2 Å².